The molecule has 0 saturated heterocycles. The van der Waals surface area contributed by atoms with Crippen molar-refractivity contribution in [3.05, 3.63) is 0 Å². The molecule has 0 aromatic rings. The molecule has 0 heterocycles. The molecule has 3 N–H and O–H groups in total. The summed E-state index contributed by atoms with van der Waals surface area (Å²) in [5.74, 6) is -2.64. The molecule has 0 aliphatic rings. The first-order valence-electron chi connectivity index (χ1n) is 6.51. The molecule has 0 aliphatic carbocycles. The monoisotopic (exact) mass is 343 g/mol. The topological polar surface area (TPSA) is 118 Å². The number of carboxylic acid groups (broad SMARTS) is 1. The largest absolute Gasteiger partial charge is 0.549 e. The minimum Gasteiger partial charge on any atom is -0.549 e. The summed E-state index contributed by atoms with van der Waals surface area (Å²) in [5.41, 5.74) is 0. The third-order valence-corrected chi connectivity index (χ3v) is 0.963. The van der Waals surface area contributed by atoms with E-state index >= 15 is 0 Å². The van der Waals surface area contributed by atoms with Gasteiger partial charge in [-0.05, 0) is 48.5 Å². The number of carbonyl (C=O) groups is 2. The van der Waals surface area contributed by atoms with Crippen LogP contribution in [0.1, 0.15) is 55.4 Å². The van der Waals surface area contributed by atoms with Crippen LogP contribution < -0.4 is 5.11 Å². The molecule has 0 spiro atoms. The van der Waals surface area contributed by atoms with Crippen LogP contribution in [0.3, 0.4) is 0 Å². The van der Waals surface area contributed by atoms with E-state index in [1.54, 1.807) is 41.5 Å². The summed E-state index contributed by atoms with van der Waals surface area (Å²) < 4.78 is 0. The maximum atomic E-state index is 10.2. The third kappa shape index (κ3) is 104. The summed E-state index contributed by atoms with van der Waals surface area (Å²) in [5, 5.41) is 34.0. The Morgan fingerprint density at radius 2 is 0.905 bits per heavy atom. The zero-order chi connectivity index (χ0) is 17.5. The third-order valence-electron chi connectivity index (χ3n) is 0.963. The fourth-order valence-electron chi connectivity index (χ4n) is 0.166. The van der Waals surface area contributed by atoms with Crippen molar-refractivity contribution in [3.63, 3.8) is 0 Å². The van der Waals surface area contributed by atoms with Crippen LogP contribution in [0.4, 0.5) is 0 Å². The normalized spacial score (nSPS) is 10.0. The second-order valence-corrected chi connectivity index (χ2v) is 4.93. The number of rotatable bonds is 2. The van der Waals surface area contributed by atoms with Gasteiger partial charge in [-0.1, -0.05) is 6.92 Å². The maximum Gasteiger partial charge on any atom is 0.138 e. The van der Waals surface area contributed by atoms with Gasteiger partial charge in [-0.2, -0.15) is 0 Å². The van der Waals surface area contributed by atoms with E-state index in [4.69, 9.17) is 15.3 Å². The Morgan fingerprint density at radius 1 is 0.762 bits per heavy atom. The molecular weight excluding hydrogens is 312 g/mol. The van der Waals surface area contributed by atoms with Gasteiger partial charge in [0.05, 0.1) is 11.9 Å². The smallest absolute Gasteiger partial charge is 0.138 e. The molecule has 0 amide bonds. The average molecular weight is 343 g/mol. The van der Waals surface area contributed by atoms with Gasteiger partial charge in [0.25, 0.3) is 0 Å². The predicted molar refractivity (Wildman–Crippen MR) is 76.9 cm³/mol. The first-order valence-corrected chi connectivity index (χ1v) is 6.51. The molecule has 0 bridgehead atoms. The molecule has 0 aliphatic heterocycles. The van der Waals surface area contributed by atoms with E-state index in [0.717, 1.165) is 0 Å². The van der Waals surface area contributed by atoms with Gasteiger partial charge in [0, 0.05) is 40.0 Å². The van der Waals surface area contributed by atoms with Gasteiger partial charge in [0.2, 0.25) is 0 Å². The second kappa shape index (κ2) is 22.0. The van der Waals surface area contributed by atoms with Crippen molar-refractivity contribution >= 4 is 11.8 Å². The van der Waals surface area contributed by atoms with E-state index < -0.39 is 11.9 Å². The van der Waals surface area contributed by atoms with Crippen molar-refractivity contribution in [1.82, 2.24) is 0 Å². The molecule has 0 radical (unpaired) electrons. The fourth-order valence-corrected chi connectivity index (χ4v) is 0.166. The SMILES string of the molecule is CC(=O)C(C)C(=O)[O-].CC(C)O.CC(C)O.CC(C)O.[Ti]. The van der Waals surface area contributed by atoms with Gasteiger partial charge in [-0.3, -0.25) is 4.79 Å². The van der Waals surface area contributed by atoms with Crippen LogP contribution in [0.25, 0.3) is 0 Å². The quantitative estimate of drug-likeness (QED) is 0.484. The van der Waals surface area contributed by atoms with Gasteiger partial charge in [0.1, 0.15) is 5.78 Å². The molecular formula is C14H31O6Ti-. The van der Waals surface area contributed by atoms with E-state index in [0.29, 0.717) is 0 Å². The predicted octanol–water partition coefficient (Wildman–Crippen LogP) is 0.120. The number of aliphatic carboxylic acids is 1. The number of hydrogen-bond acceptors (Lipinski definition) is 6. The van der Waals surface area contributed by atoms with Gasteiger partial charge < -0.3 is 25.2 Å². The Balaban J connectivity index is -0.0000000570. The minimum atomic E-state index is -1.31. The molecule has 0 fully saturated rings. The number of hydrogen-bond donors (Lipinski definition) is 3. The molecule has 0 saturated carbocycles. The van der Waals surface area contributed by atoms with Crippen LogP contribution in [0.15, 0.2) is 0 Å². The van der Waals surface area contributed by atoms with Gasteiger partial charge >= 0.3 is 0 Å². The summed E-state index contributed by atoms with van der Waals surface area (Å²) >= 11 is 0. The maximum absolute atomic E-state index is 10.2. The van der Waals surface area contributed by atoms with Crippen LogP contribution in [0.2, 0.25) is 0 Å². The van der Waals surface area contributed by atoms with Gasteiger partial charge in [-0.15, -0.1) is 0 Å². The van der Waals surface area contributed by atoms with Crippen molar-refractivity contribution in [2.45, 2.75) is 73.7 Å². The first-order chi connectivity index (χ1) is 8.75. The number of ketones is 1. The van der Waals surface area contributed by atoms with E-state index in [-0.39, 0.29) is 45.8 Å². The van der Waals surface area contributed by atoms with Gasteiger partial charge in [0.15, 0.2) is 0 Å². The zero-order valence-electron chi connectivity index (χ0n) is 14.4. The van der Waals surface area contributed by atoms with Crippen LogP contribution >= 0.6 is 0 Å². The Bertz CT molecular complexity index is 193. The van der Waals surface area contributed by atoms with Crippen LogP contribution in [0, 0.1) is 5.92 Å². The van der Waals surface area contributed by atoms with E-state index in [1.807, 2.05) is 0 Å². The molecule has 6 nitrogen and oxygen atoms in total. The Hall–Kier alpha value is -0.266. The molecule has 128 valence electrons. The zero-order valence-corrected chi connectivity index (χ0v) is 15.9. The summed E-state index contributed by atoms with van der Waals surface area (Å²) in [6, 6.07) is 0. The van der Waals surface area contributed by atoms with Crippen LogP contribution in [-0.2, 0) is 31.3 Å². The molecule has 7 heteroatoms. The fraction of sp³-hybridized carbons (Fsp3) is 0.857. The number of aliphatic hydroxyl groups is 3. The van der Waals surface area contributed by atoms with E-state index in [2.05, 4.69) is 0 Å². The van der Waals surface area contributed by atoms with E-state index in [1.165, 1.54) is 13.8 Å². The summed E-state index contributed by atoms with van der Waals surface area (Å²) in [6.07, 6.45) is -0.500. The van der Waals surface area contributed by atoms with Crippen molar-refractivity contribution in [2.75, 3.05) is 0 Å². The second-order valence-electron chi connectivity index (χ2n) is 4.93. The molecule has 21 heavy (non-hydrogen) atoms. The van der Waals surface area contributed by atoms with Crippen molar-refractivity contribution in [2.24, 2.45) is 5.92 Å². The average Bonchev–Trinajstić information content (AvgIpc) is 2.13. The summed E-state index contributed by atoms with van der Waals surface area (Å²) in [6.45, 7) is 12.9. The first kappa shape index (κ1) is 32.6. The van der Waals surface area contributed by atoms with Crippen LogP contribution in [-0.4, -0.2) is 45.4 Å². The van der Waals surface area contributed by atoms with Crippen LogP contribution in [0.5, 0.6) is 0 Å². The van der Waals surface area contributed by atoms with E-state index in [9.17, 15) is 14.7 Å². The molecule has 0 rings (SSSR count). The molecule has 1 atom stereocenters. The van der Waals surface area contributed by atoms with Crippen molar-refractivity contribution in [3.8, 4) is 0 Å². The summed E-state index contributed by atoms with van der Waals surface area (Å²) in [7, 11) is 0. The Morgan fingerprint density at radius 3 is 0.905 bits per heavy atom. The number of Topliss-reactive ketones (excluding diaryl/α,β-unsaturated/α-hetero) is 1. The van der Waals surface area contributed by atoms with Gasteiger partial charge in [-0.25, -0.2) is 0 Å². The van der Waals surface area contributed by atoms with Crippen molar-refractivity contribution in [1.29, 1.82) is 0 Å². The summed E-state index contributed by atoms with van der Waals surface area (Å²) in [4.78, 5) is 20.0. The number of carboxylic acids is 1. The molecule has 0 aromatic heterocycles. The van der Waals surface area contributed by atoms with Crippen molar-refractivity contribution < 1.29 is 51.7 Å². The Labute approximate surface area is 143 Å². The standard InChI is InChI=1S/C5H8O3.3C3H8O.Ti/c1-3(4(2)6)5(7)8;3*1-3(2)4;/h3H,1-2H3,(H,7,8);3*3-4H,1-2H3;/p-1. The minimum absolute atomic E-state index is 0. The number of carbonyl (C=O) groups excluding carboxylic acids is 2. The molecule has 1 unspecified atom stereocenters. The molecule has 0 aromatic carbocycles. The number of aliphatic hydroxyl groups excluding tert-OH is 3. The Kier molecular flexibility index (Phi) is 34.2.